The lowest BCUT2D eigenvalue weighted by atomic mass is 9.72. The molecule has 1 aromatic carbocycles. The van der Waals surface area contributed by atoms with Crippen molar-refractivity contribution < 1.29 is 4.79 Å². The van der Waals surface area contributed by atoms with Crippen LogP contribution in [0.3, 0.4) is 0 Å². The molecule has 0 aliphatic heterocycles. The molecule has 78 valence electrons. The van der Waals surface area contributed by atoms with Crippen molar-refractivity contribution >= 4 is 6.08 Å². The molecular formula is C13H15NO. The maximum Gasteiger partial charge on any atom is 0.235 e. The van der Waals surface area contributed by atoms with Crippen LogP contribution in [0.2, 0.25) is 0 Å². The molecule has 1 saturated carbocycles. The zero-order chi connectivity index (χ0) is 10.9. The summed E-state index contributed by atoms with van der Waals surface area (Å²) in [6, 6.07) is 6.40. The summed E-state index contributed by atoms with van der Waals surface area (Å²) in [5.74, 6) is 0. The van der Waals surface area contributed by atoms with Gasteiger partial charge >= 0.3 is 0 Å². The van der Waals surface area contributed by atoms with Gasteiger partial charge in [0.2, 0.25) is 6.08 Å². The molecule has 0 bridgehead atoms. The third-order valence-corrected chi connectivity index (χ3v) is 3.20. The Morgan fingerprint density at radius 1 is 1.20 bits per heavy atom. The van der Waals surface area contributed by atoms with Gasteiger partial charge in [0.05, 0.1) is 5.54 Å². The number of rotatable bonds is 2. The molecule has 1 aliphatic rings. The van der Waals surface area contributed by atoms with Gasteiger partial charge in [-0.15, -0.1) is 0 Å². The molecule has 2 nitrogen and oxygen atoms in total. The smallest absolute Gasteiger partial charge is 0.211 e. The van der Waals surface area contributed by atoms with Crippen LogP contribution >= 0.6 is 0 Å². The highest BCUT2D eigenvalue weighted by molar-refractivity contribution is 5.41. The van der Waals surface area contributed by atoms with E-state index >= 15 is 0 Å². The van der Waals surface area contributed by atoms with Crippen LogP contribution in [-0.2, 0) is 10.3 Å². The van der Waals surface area contributed by atoms with Gasteiger partial charge in [0.15, 0.2) is 0 Å². The largest absolute Gasteiger partial charge is 0.235 e. The van der Waals surface area contributed by atoms with Crippen molar-refractivity contribution in [3.05, 3.63) is 34.9 Å². The first-order chi connectivity index (χ1) is 7.16. The summed E-state index contributed by atoms with van der Waals surface area (Å²) in [5, 5.41) is 0. The molecule has 1 aromatic rings. The fraction of sp³-hybridized carbons (Fsp3) is 0.462. The summed E-state index contributed by atoms with van der Waals surface area (Å²) >= 11 is 0. The molecule has 0 radical (unpaired) electrons. The monoisotopic (exact) mass is 201 g/mol. The van der Waals surface area contributed by atoms with Gasteiger partial charge in [-0.2, -0.15) is 4.99 Å². The Kier molecular flexibility index (Phi) is 2.45. The summed E-state index contributed by atoms with van der Waals surface area (Å²) in [6.45, 7) is 4.15. The average Bonchev–Trinajstić information content (AvgIpc) is 2.09. The van der Waals surface area contributed by atoms with Gasteiger partial charge in [-0.3, -0.25) is 0 Å². The summed E-state index contributed by atoms with van der Waals surface area (Å²) in [4.78, 5) is 14.5. The molecule has 0 amide bonds. The first-order valence-electron chi connectivity index (χ1n) is 5.34. The Balaban J connectivity index is 2.47. The number of aliphatic imine (C=N–C) groups is 1. The van der Waals surface area contributed by atoms with Crippen molar-refractivity contribution in [3.8, 4) is 0 Å². The maximum atomic E-state index is 10.5. The highest BCUT2D eigenvalue weighted by atomic mass is 16.1. The number of isocyanates is 1. The standard InChI is InChI=1S/C13H15NO/c1-10-6-11(2)8-12(7-10)13(14-9-15)4-3-5-13/h6-8H,3-5H2,1-2H3. The van der Waals surface area contributed by atoms with Gasteiger partial charge in [-0.05, 0) is 38.7 Å². The molecule has 15 heavy (non-hydrogen) atoms. The number of carbonyl (C=O) groups excluding carboxylic acids is 1. The lowest BCUT2D eigenvalue weighted by Gasteiger charge is -2.37. The van der Waals surface area contributed by atoms with E-state index in [0.717, 1.165) is 19.3 Å². The zero-order valence-electron chi connectivity index (χ0n) is 9.21. The van der Waals surface area contributed by atoms with Crippen LogP contribution in [0.25, 0.3) is 0 Å². The van der Waals surface area contributed by atoms with Crippen molar-refractivity contribution in [2.75, 3.05) is 0 Å². The predicted molar refractivity (Wildman–Crippen MR) is 59.6 cm³/mol. The van der Waals surface area contributed by atoms with Crippen LogP contribution in [0.1, 0.15) is 36.0 Å². The summed E-state index contributed by atoms with van der Waals surface area (Å²) in [5.41, 5.74) is 3.39. The van der Waals surface area contributed by atoms with Gasteiger partial charge in [0, 0.05) is 0 Å². The van der Waals surface area contributed by atoms with E-state index in [0.29, 0.717) is 0 Å². The molecule has 0 N–H and O–H groups in total. The molecular weight excluding hydrogens is 186 g/mol. The molecule has 0 unspecified atom stereocenters. The summed E-state index contributed by atoms with van der Waals surface area (Å²) in [6.07, 6.45) is 4.83. The van der Waals surface area contributed by atoms with Gasteiger partial charge < -0.3 is 0 Å². The minimum absolute atomic E-state index is 0.251. The van der Waals surface area contributed by atoms with E-state index in [-0.39, 0.29) is 5.54 Å². The highest BCUT2D eigenvalue weighted by Gasteiger charge is 2.38. The number of nitrogens with zero attached hydrogens (tertiary/aromatic N) is 1. The third-order valence-electron chi connectivity index (χ3n) is 3.20. The van der Waals surface area contributed by atoms with E-state index < -0.39 is 0 Å². The fourth-order valence-corrected chi connectivity index (χ4v) is 2.31. The average molecular weight is 201 g/mol. The minimum atomic E-state index is -0.251. The Morgan fingerprint density at radius 3 is 2.20 bits per heavy atom. The van der Waals surface area contributed by atoms with Gasteiger partial charge in [0.25, 0.3) is 0 Å². The second-order valence-electron chi connectivity index (χ2n) is 4.46. The molecule has 0 spiro atoms. The van der Waals surface area contributed by atoms with E-state index in [9.17, 15) is 4.79 Å². The fourth-order valence-electron chi connectivity index (χ4n) is 2.31. The number of aryl methyl sites for hydroxylation is 2. The Morgan fingerprint density at radius 2 is 1.80 bits per heavy atom. The topological polar surface area (TPSA) is 29.4 Å². The van der Waals surface area contributed by atoms with Crippen LogP contribution < -0.4 is 0 Å². The van der Waals surface area contributed by atoms with Crippen molar-refractivity contribution in [1.82, 2.24) is 0 Å². The van der Waals surface area contributed by atoms with Crippen molar-refractivity contribution in [1.29, 1.82) is 0 Å². The Hall–Kier alpha value is -1.40. The molecule has 2 heteroatoms. The molecule has 1 fully saturated rings. The minimum Gasteiger partial charge on any atom is -0.211 e. The molecule has 0 saturated heterocycles. The quantitative estimate of drug-likeness (QED) is 0.534. The van der Waals surface area contributed by atoms with E-state index in [2.05, 4.69) is 37.0 Å². The number of hydrogen-bond acceptors (Lipinski definition) is 2. The normalized spacial score (nSPS) is 17.7. The van der Waals surface area contributed by atoms with Crippen LogP contribution in [0.15, 0.2) is 23.2 Å². The molecule has 2 rings (SSSR count). The summed E-state index contributed by atoms with van der Waals surface area (Å²) < 4.78 is 0. The van der Waals surface area contributed by atoms with E-state index in [1.165, 1.54) is 16.7 Å². The predicted octanol–water partition coefficient (Wildman–Crippen LogP) is 3.02. The van der Waals surface area contributed by atoms with Gasteiger partial charge in [-0.1, -0.05) is 29.3 Å². The molecule has 0 atom stereocenters. The highest BCUT2D eigenvalue weighted by Crippen LogP contribution is 2.45. The van der Waals surface area contributed by atoms with Gasteiger partial charge in [0.1, 0.15) is 0 Å². The van der Waals surface area contributed by atoms with Crippen LogP contribution in [0.4, 0.5) is 0 Å². The first-order valence-corrected chi connectivity index (χ1v) is 5.34. The zero-order valence-corrected chi connectivity index (χ0v) is 9.21. The van der Waals surface area contributed by atoms with E-state index in [4.69, 9.17) is 0 Å². The van der Waals surface area contributed by atoms with Crippen molar-refractivity contribution in [2.24, 2.45) is 4.99 Å². The second-order valence-corrected chi connectivity index (χ2v) is 4.46. The second kappa shape index (κ2) is 3.63. The van der Waals surface area contributed by atoms with Crippen molar-refractivity contribution in [3.63, 3.8) is 0 Å². The lowest BCUT2D eigenvalue weighted by molar-refractivity contribution is 0.255. The number of hydrogen-bond donors (Lipinski definition) is 0. The Bertz CT molecular complexity index is 406. The van der Waals surface area contributed by atoms with E-state index in [1.54, 1.807) is 6.08 Å². The molecule has 1 aliphatic carbocycles. The first kappa shape index (κ1) is 10.1. The maximum absolute atomic E-state index is 10.5. The third kappa shape index (κ3) is 1.73. The van der Waals surface area contributed by atoms with Crippen LogP contribution in [0.5, 0.6) is 0 Å². The van der Waals surface area contributed by atoms with Crippen LogP contribution in [0, 0.1) is 13.8 Å². The Labute approximate surface area is 90.0 Å². The molecule has 0 aromatic heterocycles. The van der Waals surface area contributed by atoms with Crippen LogP contribution in [-0.4, -0.2) is 6.08 Å². The van der Waals surface area contributed by atoms with Gasteiger partial charge in [-0.25, -0.2) is 4.79 Å². The summed E-state index contributed by atoms with van der Waals surface area (Å²) in [7, 11) is 0. The number of benzene rings is 1. The molecule has 0 heterocycles. The SMILES string of the molecule is Cc1cc(C)cc(C2(N=C=O)CCC2)c1. The van der Waals surface area contributed by atoms with E-state index in [1.807, 2.05) is 0 Å². The lowest BCUT2D eigenvalue weighted by Crippen LogP contribution is -2.32. The van der Waals surface area contributed by atoms with Crippen molar-refractivity contribution in [2.45, 2.75) is 38.6 Å².